The number of pyridine rings is 1. The SMILES string of the molecule is CC(C(=O)NCCNC(=O)C1=CCCC=C1)n1cc2cc(NC(=O)c3cccc(C(F)(F)F)n3)ccc2n1. The molecule has 0 fully saturated rings. The van der Waals surface area contributed by atoms with Gasteiger partial charge < -0.3 is 16.0 Å². The van der Waals surface area contributed by atoms with Crippen molar-refractivity contribution in [3.63, 3.8) is 0 Å². The number of nitrogens with zero attached hydrogens (tertiary/aromatic N) is 3. The zero-order chi connectivity index (χ0) is 27.3. The average molecular weight is 527 g/mol. The molecule has 1 aliphatic carbocycles. The Hall–Kier alpha value is -4.48. The Bertz CT molecular complexity index is 1430. The number of alkyl halides is 3. The Kier molecular flexibility index (Phi) is 7.89. The summed E-state index contributed by atoms with van der Waals surface area (Å²) in [5.74, 6) is -1.28. The molecule has 0 saturated heterocycles. The number of rotatable bonds is 8. The summed E-state index contributed by atoms with van der Waals surface area (Å²) < 4.78 is 40.1. The van der Waals surface area contributed by atoms with Gasteiger partial charge in [0.05, 0.1) is 5.52 Å². The van der Waals surface area contributed by atoms with Gasteiger partial charge in [-0.15, -0.1) is 0 Å². The van der Waals surface area contributed by atoms with Crippen molar-refractivity contribution in [1.82, 2.24) is 25.4 Å². The summed E-state index contributed by atoms with van der Waals surface area (Å²) >= 11 is 0. The first-order valence-corrected chi connectivity index (χ1v) is 11.9. The van der Waals surface area contributed by atoms with Crippen molar-refractivity contribution < 1.29 is 27.6 Å². The van der Waals surface area contributed by atoms with Crippen molar-refractivity contribution in [2.75, 3.05) is 18.4 Å². The summed E-state index contributed by atoms with van der Waals surface area (Å²) in [6, 6.07) is 7.21. The number of nitrogens with one attached hydrogen (secondary N) is 3. The summed E-state index contributed by atoms with van der Waals surface area (Å²) in [4.78, 5) is 40.5. The third kappa shape index (κ3) is 6.44. The van der Waals surface area contributed by atoms with Crippen molar-refractivity contribution in [3.8, 4) is 0 Å². The van der Waals surface area contributed by atoms with E-state index in [1.807, 2.05) is 12.2 Å². The van der Waals surface area contributed by atoms with Crippen molar-refractivity contribution in [2.24, 2.45) is 0 Å². The normalized spacial score (nSPS) is 14.1. The Balaban J connectivity index is 1.33. The molecular formula is C26H25F3N6O3. The van der Waals surface area contributed by atoms with Gasteiger partial charge in [0.15, 0.2) is 0 Å². The van der Waals surface area contributed by atoms with Gasteiger partial charge in [-0.25, -0.2) is 4.98 Å². The molecule has 1 aromatic carbocycles. The maximum absolute atomic E-state index is 12.9. The van der Waals surface area contributed by atoms with Gasteiger partial charge in [-0.3, -0.25) is 19.1 Å². The monoisotopic (exact) mass is 526 g/mol. The smallest absolute Gasteiger partial charge is 0.352 e. The zero-order valence-electron chi connectivity index (χ0n) is 20.4. The lowest BCUT2D eigenvalue weighted by molar-refractivity contribution is -0.141. The Labute approximate surface area is 215 Å². The summed E-state index contributed by atoms with van der Waals surface area (Å²) in [5, 5.41) is 13.1. The number of carbonyl (C=O) groups excluding carboxylic acids is 3. The van der Waals surface area contributed by atoms with Crippen LogP contribution in [0.2, 0.25) is 0 Å². The maximum atomic E-state index is 12.9. The van der Waals surface area contributed by atoms with Gasteiger partial charge in [0.2, 0.25) is 5.91 Å². The molecular weight excluding hydrogens is 501 g/mol. The minimum atomic E-state index is -4.66. The first-order valence-electron chi connectivity index (χ1n) is 11.9. The van der Waals surface area contributed by atoms with Crippen LogP contribution in [-0.2, 0) is 15.8 Å². The van der Waals surface area contributed by atoms with Crippen LogP contribution in [0.3, 0.4) is 0 Å². The van der Waals surface area contributed by atoms with Crippen molar-refractivity contribution in [1.29, 1.82) is 0 Å². The second-order valence-electron chi connectivity index (χ2n) is 8.60. The van der Waals surface area contributed by atoms with E-state index < -0.39 is 23.8 Å². The van der Waals surface area contributed by atoms with Crippen molar-refractivity contribution >= 4 is 34.3 Å². The van der Waals surface area contributed by atoms with Crippen LogP contribution in [-0.4, -0.2) is 45.6 Å². The van der Waals surface area contributed by atoms with E-state index >= 15 is 0 Å². The first kappa shape index (κ1) is 26.6. The molecule has 0 bridgehead atoms. The maximum Gasteiger partial charge on any atom is 0.433 e. The fraction of sp³-hybridized carbons (Fsp3) is 0.269. The second kappa shape index (κ2) is 11.3. The third-order valence-corrected chi connectivity index (χ3v) is 5.80. The molecule has 3 amide bonds. The number of halogens is 3. The van der Waals surface area contributed by atoms with E-state index in [2.05, 4.69) is 26.0 Å². The minimum Gasteiger partial charge on any atom is -0.352 e. The fourth-order valence-electron chi connectivity index (χ4n) is 3.75. The van der Waals surface area contributed by atoms with E-state index in [9.17, 15) is 27.6 Å². The van der Waals surface area contributed by atoms with Gasteiger partial charge in [-0.2, -0.15) is 18.3 Å². The predicted octanol–water partition coefficient (Wildman–Crippen LogP) is 3.77. The molecule has 1 atom stereocenters. The number of allylic oxidation sites excluding steroid dienone is 2. The molecule has 2 heterocycles. The fourth-order valence-corrected chi connectivity index (χ4v) is 3.75. The molecule has 4 rings (SSSR count). The highest BCUT2D eigenvalue weighted by Gasteiger charge is 2.33. The highest BCUT2D eigenvalue weighted by atomic mass is 19.4. The van der Waals surface area contributed by atoms with Gasteiger partial charge in [0.1, 0.15) is 17.4 Å². The van der Waals surface area contributed by atoms with E-state index in [1.165, 1.54) is 10.7 Å². The van der Waals surface area contributed by atoms with Crippen molar-refractivity contribution in [3.05, 3.63) is 77.8 Å². The van der Waals surface area contributed by atoms with Gasteiger partial charge in [0, 0.05) is 35.9 Å². The van der Waals surface area contributed by atoms with Crippen LogP contribution in [0, 0.1) is 0 Å². The number of carbonyl (C=O) groups is 3. The van der Waals surface area contributed by atoms with Crippen LogP contribution >= 0.6 is 0 Å². The Morgan fingerprint density at radius 2 is 1.84 bits per heavy atom. The molecule has 1 unspecified atom stereocenters. The number of hydrogen-bond acceptors (Lipinski definition) is 5. The largest absolute Gasteiger partial charge is 0.433 e. The van der Waals surface area contributed by atoms with Gasteiger partial charge in [-0.05, 0) is 50.1 Å². The third-order valence-electron chi connectivity index (χ3n) is 5.80. The zero-order valence-corrected chi connectivity index (χ0v) is 20.4. The standard InChI is InChI=1S/C26H25F3N6O3/c1-16(23(36)30-12-13-31-24(37)17-6-3-2-4-7-17)35-15-18-14-19(10-11-20(18)34-35)32-25(38)21-8-5-9-22(33-21)26(27,28)29/h3,5-11,14-16H,2,4,12-13H2,1H3,(H,30,36)(H,31,37)(H,32,38). The summed E-state index contributed by atoms with van der Waals surface area (Å²) in [7, 11) is 0. The first-order chi connectivity index (χ1) is 18.1. The van der Waals surface area contributed by atoms with E-state index in [4.69, 9.17) is 0 Å². The molecule has 3 N–H and O–H groups in total. The van der Waals surface area contributed by atoms with Gasteiger partial charge in [-0.1, -0.05) is 24.3 Å². The van der Waals surface area contributed by atoms with Gasteiger partial charge in [0.25, 0.3) is 11.8 Å². The lowest BCUT2D eigenvalue weighted by Gasteiger charge is -2.13. The van der Waals surface area contributed by atoms with E-state index in [0.717, 1.165) is 25.0 Å². The molecule has 2 aromatic heterocycles. The summed E-state index contributed by atoms with van der Waals surface area (Å²) in [6.45, 7) is 2.18. The van der Waals surface area contributed by atoms with E-state index in [-0.39, 0.29) is 30.6 Å². The number of benzene rings is 1. The quantitative estimate of drug-likeness (QED) is 0.386. The van der Waals surface area contributed by atoms with Crippen LogP contribution in [0.1, 0.15) is 42.0 Å². The molecule has 12 heteroatoms. The van der Waals surface area contributed by atoms with Crippen LogP contribution < -0.4 is 16.0 Å². The molecule has 0 saturated carbocycles. The Morgan fingerprint density at radius 3 is 2.58 bits per heavy atom. The predicted molar refractivity (Wildman–Crippen MR) is 134 cm³/mol. The lowest BCUT2D eigenvalue weighted by Crippen LogP contribution is -2.38. The lowest BCUT2D eigenvalue weighted by atomic mass is 10.1. The molecule has 198 valence electrons. The van der Waals surface area contributed by atoms with E-state index in [1.54, 1.807) is 37.4 Å². The molecule has 9 nitrogen and oxygen atoms in total. The molecule has 1 aliphatic rings. The average Bonchev–Trinajstić information content (AvgIpc) is 3.34. The van der Waals surface area contributed by atoms with Crippen LogP contribution in [0.25, 0.3) is 10.9 Å². The molecule has 0 spiro atoms. The molecule has 0 radical (unpaired) electrons. The molecule has 3 aromatic rings. The highest BCUT2D eigenvalue weighted by Crippen LogP contribution is 2.27. The van der Waals surface area contributed by atoms with E-state index in [0.29, 0.717) is 22.2 Å². The number of anilines is 1. The number of amides is 3. The van der Waals surface area contributed by atoms with Crippen LogP contribution in [0.4, 0.5) is 18.9 Å². The minimum absolute atomic E-state index is 0.187. The second-order valence-corrected chi connectivity index (χ2v) is 8.60. The number of fused-ring (bicyclic) bond motifs is 1. The van der Waals surface area contributed by atoms with Crippen LogP contribution in [0.5, 0.6) is 0 Å². The topological polar surface area (TPSA) is 118 Å². The summed E-state index contributed by atoms with van der Waals surface area (Å²) in [6.07, 6.45) is 4.30. The molecule has 38 heavy (non-hydrogen) atoms. The summed E-state index contributed by atoms with van der Waals surface area (Å²) in [5.41, 5.74) is -0.0295. The van der Waals surface area contributed by atoms with Crippen LogP contribution in [0.15, 0.2) is 66.4 Å². The number of hydrogen-bond donors (Lipinski definition) is 3. The van der Waals surface area contributed by atoms with Crippen molar-refractivity contribution in [2.45, 2.75) is 32.0 Å². The molecule has 0 aliphatic heterocycles. The van der Waals surface area contributed by atoms with Gasteiger partial charge >= 0.3 is 6.18 Å². The Morgan fingerprint density at radius 1 is 1.05 bits per heavy atom. The highest BCUT2D eigenvalue weighted by molar-refractivity contribution is 6.03. The number of aromatic nitrogens is 3.